The topological polar surface area (TPSA) is 54.0 Å². The van der Waals surface area contributed by atoms with E-state index >= 15 is 0 Å². The molecule has 0 aliphatic rings. The van der Waals surface area contributed by atoms with Crippen molar-refractivity contribution in [2.75, 3.05) is 21.3 Å². The fourth-order valence-corrected chi connectivity index (χ4v) is 2.09. The van der Waals surface area contributed by atoms with E-state index in [1.165, 1.54) is 21.3 Å². The van der Waals surface area contributed by atoms with Gasteiger partial charge < -0.3 is 18.9 Å². The van der Waals surface area contributed by atoms with Gasteiger partial charge >= 0.3 is 5.97 Å². The molecule has 0 atom stereocenters. The summed E-state index contributed by atoms with van der Waals surface area (Å²) in [6.45, 7) is 1.87. The zero-order valence-corrected chi connectivity index (χ0v) is 13.0. The number of hydrogen-bond donors (Lipinski definition) is 0. The first-order valence-corrected chi connectivity index (χ1v) is 6.69. The molecule has 0 aromatic heterocycles. The summed E-state index contributed by atoms with van der Waals surface area (Å²) >= 11 is 0. The van der Waals surface area contributed by atoms with Crippen molar-refractivity contribution in [2.24, 2.45) is 0 Å². The van der Waals surface area contributed by atoms with Crippen LogP contribution in [0.4, 0.5) is 0 Å². The predicted octanol–water partition coefficient (Wildman–Crippen LogP) is 3.24. The first kappa shape index (κ1) is 15.7. The highest BCUT2D eigenvalue weighted by molar-refractivity contribution is 5.95. The van der Waals surface area contributed by atoms with Gasteiger partial charge in [0, 0.05) is 0 Å². The van der Waals surface area contributed by atoms with E-state index in [-0.39, 0.29) is 11.3 Å². The molecule has 5 nitrogen and oxygen atoms in total. The summed E-state index contributed by atoms with van der Waals surface area (Å²) in [5.74, 6) is 1.09. The van der Waals surface area contributed by atoms with Gasteiger partial charge in [0.1, 0.15) is 11.3 Å². The molecule has 116 valence electrons. The van der Waals surface area contributed by atoms with Crippen LogP contribution in [0.25, 0.3) is 0 Å². The summed E-state index contributed by atoms with van der Waals surface area (Å²) < 4.78 is 21.2. The number of hydrogen-bond acceptors (Lipinski definition) is 5. The fraction of sp³-hybridized carbons (Fsp3) is 0.235. The summed E-state index contributed by atoms with van der Waals surface area (Å²) in [7, 11) is 4.46. The number of benzene rings is 2. The van der Waals surface area contributed by atoms with Crippen LogP contribution >= 0.6 is 0 Å². The molecule has 0 heterocycles. The Balaban J connectivity index is 2.40. The number of rotatable bonds is 5. The second-order valence-electron chi connectivity index (χ2n) is 4.54. The van der Waals surface area contributed by atoms with Crippen molar-refractivity contribution in [3.63, 3.8) is 0 Å². The third-order valence-electron chi connectivity index (χ3n) is 3.22. The lowest BCUT2D eigenvalue weighted by Crippen LogP contribution is -2.11. The maximum absolute atomic E-state index is 12.4. The Morgan fingerprint density at radius 3 is 2.09 bits per heavy atom. The Bertz CT molecular complexity index is 679. The standard InChI is InChI=1S/C17H18O5/c1-11-7-5-6-8-13(11)22-17(18)12-9-10-14(19-2)16(21-4)15(12)20-3/h5-10H,1-4H3. The molecule has 0 N–H and O–H groups in total. The van der Waals surface area contributed by atoms with Crippen molar-refractivity contribution in [3.8, 4) is 23.0 Å². The molecule has 0 spiro atoms. The van der Waals surface area contributed by atoms with Crippen LogP contribution in [0, 0.1) is 6.92 Å². The van der Waals surface area contributed by atoms with Gasteiger partial charge in [0.2, 0.25) is 5.75 Å². The van der Waals surface area contributed by atoms with Gasteiger partial charge in [0.15, 0.2) is 11.5 Å². The highest BCUT2D eigenvalue weighted by atomic mass is 16.5. The lowest BCUT2D eigenvalue weighted by Gasteiger charge is -2.15. The van der Waals surface area contributed by atoms with Gasteiger partial charge in [0.05, 0.1) is 21.3 Å². The van der Waals surface area contributed by atoms with Gasteiger partial charge in [-0.15, -0.1) is 0 Å². The summed E-state index contributed by atoms with van der Waals surface area (Å²) in [6.07, 6.45) is 0. The summed E-state index contributed by atoms with van der Waals surface area (Å²) in [4.78, 5) is 12.4. The highest BCUT2D eigenvalue weighted by Gasteiger charge is 2.22. The zero-order chi connectivity index (χ0) is 16.1. The van der Waals surface area contributed by atoms with Gasteiger partial charge in [0.25, 0.3) is 0 Å². The van der Waals surface area contributed by atoms with Crippen LogP contribution in [0.5, 0.6) is 23.0 Å². The number of esters is 1. The van der Waals surface area contributed by atoms with E-state index in [2.05, 4.69) is 0 Å². The van der Waals surface area contributed by atoms with E-state index in [1.54, 1.807) is 24.3 Å². The average molecular weight is 302 g/mol. The van der Waals surface area contributed by atoms with Crippen molar-refractivity contribution >= 4 is 5.97 Å². The Labute approximate surface area is 129 Å². The molecule has 22 heavy (non-hydrogen) atoms. The Morgan fingerprint density at radius 2 is 1.50 bits per heavy atom. The quantitative estimate of drug-likeness (QED) is 0.627. The highest BCUT2D eigenvalue weighted by Crippen LogP contribution is 2.40. The lowest BCUT2D eigenvalue weighted by molar-refractivity contribution is 0.0729. The van der Waals surface area contributed by atoms with Crippen LogP contribution in [-0.2, 0) is 0 Å². The van der Waals surface area contributed by atoms with E-state index in [1.807, 2.05) is 19.1 Å². The van der Waals surface area contributed by atoms with E-state index in [0.29, 0.717) is 17.2 Å². The van der Waals surface area contributed by atoms with Gasteiger partial charge in [-0.1, -0.05) is 18.2 Å². The summed E-state index contributed by atoms with van der Waals surface area (Å²) in [5, 5.41) is 0. The number of carbonyl (C=O) groups excluding carboxylic acids is 1. The average Bonchev–Trinajstić information content (AvgIpc) is 2.55. The molecule has 0 radical (unpaired) electrons. The van der Waals surface area contributed by atoms with Crippen LogP contribution in [0.15, 0.2) is 36.4 Å². The molecule has 2 rings (SSSR count). The van der Waals surface area contributed by atoms with Crippen molar-refractivity contribution in [1.29, 1.82) is 0 Å². The maximum atomic E-state index is 12.4. The second kappa shape index (κ2) is 6.85. The van der Waals surface area contributed by atoms with Crippen molar-refractivity contribution < 1.29 is 23.7 Å². The third-order valence-corrected chi connectivity index (χ3v) is 3.22. The van der Waals surface area contributed by atoms with Crippen molar-refractivity contribution in [2.45, 2.75) is 6.92 Å². The van der Waals surface area contributed by atoms with Crippen LogP contribution in [0.3, 0.4) is 0 Å². The second-order valence-corrected chi connectivity index (χ2v) is 4.54. The number of aryl methyl sites for hydroxylation is 1. The van der Waals surface area contributed by atoms with Gasteiger partial charge in [-0.3, -0.25) is 0 Å². The summed E-state index contributed by atoms with van der Waals surface area (Å²) in [6, 6.07) is 10.5. The Hall–Kier alpha value is -2.69. The molecule has 0 aliphatic heterocycles. The molecule has 0 unspecified atom stereocenters. The van der Waals surface area contributed by atoms with Gasteiger partial charge in [-0.05, 0) is 30.7 Å². The van der Waals surface area contributed by atoms with Crippen molar-refractivity contribution in [1.82, 2.24) is 0 Å². The molecule has 0 saturated carbocycles. The molecule has 0 bridgehead atoms. The molecule has 2 aromatic carbocycles. The smallest absolute Gasteiger partial charge is 0.347 e. The van der Waals surface area contributed by atoms with E-state index in [4.69, 9.17) is 18.9 Å². The normalized spacial score (nSPS) is 10.0. The largest absolute Gasteiger partial charge is 0.493 e. The predicted molar refractivity (Wildman–Crippen MR) is 82.2 cm³/mol. The lowest BCUT2D eigenvalue weighted by atomic mass is 10.1. The minimum Gasteiger partial charge on any atom is -0.493 e. The molecule has 5 heteroatoms. The first-order chi connectivity index (χ1) is 10.6. The Morgan fingerprint density at radius 1 is 0.818 bits per heavy atom. The molecule has 0 amide bonds. The minimum atomic E-state index is -0.521. The van der Waals surface area contributed by atoms with Crippen LogP contribution < -0.4 is 18.9 Å². The van der Waals surface area contributed by atoms with E-state index in [9.17, 15) is 4.79 Å². The number of para-hydroxylation sites is 1. The number of methoxy groups -OCH3 is 3. The zero-order valence-electron chi connectivity index (χ0n) is 13.0. The van der Waals surface area contributed by atoms with Gasteiger partial charge in [-0.2, -0.15) is 0 Å². The fourth-order valence-electron chi connectivity index (χ4n) is 2.09. The van der Waals surface area contributed by atoms with E-state index in [0.717, 1.165) is 5.56 Å². The number of carbonyl (C=O) groups is 1. The van der Waals surface area contributed by atoms with Crippen LogP contribution in [0.1, 0.15) is 15.9 Å². The van der Waals surface area contributed by atoms with Crippen LogP contribution in [0.2, 0.25) is 0 Å². The molecule has 0 saturated heterocycles. The van der Waals surface area contributed by atoms with Crippen LogP contribution in [-0.4, -0.2) is 27.3 Å². The SMILES string of the molecule is COc1ccc(C(=O)Oc2ccccc2C)c(OC)c1OC. The monoisotopic (exact) mass is 302 g/mol. The molecular formula is C17H18O5. The maximum Gasteiger partial charge on any atom is 0.347 e. The van der Waals surface area contributed by atoms with E-state index < -0.39 is 5.97 Å². The Kier molecular flexibility index (Phi) is 4.88. The first-order valence-electron chi connectivity index (χ1n) is 6.69. The minimum absolute atomic E-state index is 0.267. The van der Waals surface area contributed by atoms with Gasteiger partial charge in [-0.25, -0.2) is 4.79 Å². The molecular weight excluding hydrogens is 284 g/mol. The van der Waals surface area contributed by atoms with Crippen molar-refractivity contribution in [3.05, 3.63) is 47.5 Å². The molecule has 0 fully saturated rings. The third kappa shape index (κ3) is 2.98. The molecule has 0 aliphatic carbocycles. The summed E-state index contributed by atoms with van der Waals surface area (Å²) in [5.41, 5.74) is 1.14. The number of ether oxygens (including phenoxy) is 4. The molecule has 2 aromatic rings.